The number of aromatic nitrogens is 2. The highest BCUT2D eigenvalue weighted by Gasteiger charge is 2.11. The van der Waals surface area contributed by atoms with E-state index in [4.69, 9.17) is 9.47 Å². The molecule has 0 fully saturated rings. The Morgan fingerprint density at radius 2 is 1.76 bits per heavy atom. The molecule has 0 bridgehead atoms. The Labute approximate surface area is 147 Å². The fourth-order valence-electron chi connectivity index (χ4n) is 2.65. The summed E-state index contributed by atoms with van der Waals surface area (Å²) in [5.41, 5.74) is 2.87. The van der Waals surface area contributed by atoms with E-state index in [1.54, 1.807) is 20.4 Å². The number of nitrogens with zero attached hydrogens (tertiary/aromatic N) is 2. The smallest absolute Gasteiger partial charge is 0.201 e. The van der Waals surface area contributed by atoms with Crippen molar-refractivity contribution in [3.8, 4) is 17.2 Å². The molecule has 7 nitrogen and oxygen atoms in total. The standard InChI is InChI=1S/C17H19N3O4S/c1-23-16-9-13-11-18-20(15(13)10-17(16)24-2)14-5-3-12(4-6-14)7-8-19-25(21)22/h3-6,9-11,25H,7-8H2,1-2H3,(H,19,21,22). The Morgan fingerprint density at radius 1 is 1.08 bits per heavy atom. The molecule has 3 rings (SSSR count). The summed E-state index contributed by atoms with van der Waals surface area (Å²) in [7, 11) is 0.654. The number of rotatable bonds is 7. The first kappa shape index (κ1) is 17.2. The highest BCUT2D eigenvalue weighted by molar-refractivity contribution is 7.70. The monoisotopic (exact) mass is 361 g/mol. The molecule has 132 valence electrons. The maximum absolute atomic E-state index is 10.5. The number of thiol groups is 1. The summed E-state index contributed by atoms with van der Waals surface area (Å²) in [4.78, 5) is 0. The van der Waals surface area contributed by atoms with Crippen LogP contribution in [0.15, 0.2) is 42.6 Å². The number of benzene rings is 2. The van der Waals surface area contributed by atoms with Gasteiger partial charge in [-0.15, -0.1) is 0 Å². The molecule has 8 heteroatoms. The van der Waals surface area contributed by atoms with Crippen LogP contribution in [0.1, 0.15) is 5.56 Å². The van der Waals surface area contributed by atoms with Gasteiger partial charge in [-0.1, -0.05) is 12.1 Å². The Hall–Kier alpha value is -2.58. The zero-order valence-electron chi connectivity index (χ0n) is 13.9. The average molecular weight is 361 g/mol. The van der Waals surface area contributed by atoms with Crippen LogP contribution in [0.2, 0.25) is 0 Å². The molecule has 25 heavy (non-hydrogen) atoms. The minimum Gasteiger partial charge on any atom is -0.493 e. The van der Waals surface area contributed by atoms with Crippen LogP contribution in [0.25, 0.3) is 16.6 Å². The van der Waals surface area contributed by atoms with Crippen LogP contribution in [0.3, 0.4) is 0 Å². The van der Waals surface area contributed by atoms with Crippen LogP contribution >= 0.6 is 0 Å². The summed E-state index contributed by atoms with van der Waals surface area (Å²) in [5.74, 6) is 1.31. The van der Waals surface area contributed by atoms with E-state index in [0.29, 0.717) is 24.5 Å². The summed E-state index contributed by atoms with van der Waals surface area (Å²) in [6.07, 6.45) is 2.41. The summed E-state index contributed by atoms with van der Waals surface area (Å²) >= 11 is 0. The Morgan fingerprint density at radius 3 is 2.40 bits per heavy atom. The fraction of sp³-hybridized carbons (Fsp3) is 0.235. The molecule has 1 aromatic heterocycles. The van der Waals surface area contributed by atoms with Crippen molar-refractivity contribution in [2.75, 3.05) is 20.8 Å². The van der Waals surface area contributed by atoms with Crippen molar-refractivity contribution in [1.29, 1.82) is 0 Å². The van der Waals surface area contributed by atoms with Crippen molar-refractivity contribution in [3.63, 3.8) is 0 Å². The SMILES string of the molecule is COc1cc2cnn(-c3ccc(CCN[SH](=O)=O)cc3)c2cc1OC. The van der Waals surface area contributed by atoms with E-state index in [9.17, 15) is 8.42 Å². The second-order valence-electron chi connectivity index (χ2n) is 5.40. The molecule has 0 atom stereocenters. The van der Waals surface area contributed by atoms with Gasteiger partial charge >= 0.3 is 0 Å². The van der Waals surface area contributed by atoms with Gasteiger partial charge in [0.05, 0.1) is 31.6 Å². The molecule has 0 amide bonds. The first-order valence-corrected chi connectivity index (χ1v) is 8.87. The molecule has 0 unspecified atom stereocenters. The van der Waals surface area contributed by atoms with Crippen LogP contribution in [0, 0.1) is 0 Å². The molecule has 0 aliphatic carbocycles. The van der Waals surface area contributed by atoms with Crippen LogP contribution in [0.4, 0.5) is 0 Å². The lowest BCUT2D eigenvalue weighted by molar-refractivity contribution is 0.356. The van der Waals surface area contributed by atoms with E-state index in [0.717, 1.165) is 22.2 Å². The predicted octanol–water partition coefficient (Wildman–Crippen LogP) is 1.70. The maximum atomic E-state index is 10.5. The number of hydrogen-bond acceptors (Lipinski definition) is 5. The van der Waals surface area contributed by atoms with Gasteiger partial charge in [-0.05, 0) is 30.2 Å². The first-order valence-electron chi connectivity index (χ1n) is 7.69. The third-order valence-corrected chi connectivity index (χ3v) is 4.39. The summed E-state index contributed by atoms with van der Waals surface area (Å²) in [5, 5.41) is 5.39. The number of ether oxygens (including phenoxy) is 2. The Kier molecular flexibility index (Phi) is 5.20. The van der Waals surface area contributed by atoms with Crippen molar-refractivity contribution in [3.05, 3.63) is 48.2 Å². The van der Waals surface area contributed by atoms with Crippen molar-refractivity contribution in [2.45, 2.75) is 6.42 Å². The molecular weight excluding hydrogens is 342 g/mol. The van der Waals surface area contributed by atoms with Crippen molar-refractivity contribution in [2.24, 2.45) is 0 Å². The van der Waals surface area contributed by atoms with Gasteiger partial charge in [0.25, 0.3) is 0 Å². The van der Waals surface area contributed by atoms with Gasteiger partial charge in [0.1, 0.15) is 0 Å². The number of hydrogen-bond donors (Lipinski definition) is 2. The molecule has 0 radical (unpaired) electrons. The summed E-state index contributed by atoms with van der Waals surface area (Å²) < 4.78 is 35.9. The molecule has 1 N–H and O–H groups in total. The van der Waals surface area contributed by atoms with Crippen LogP contribution in [-0.2, 0) is 17.3 Å². The lowest BCUT2D eigenvalue weighted by Gasteiger charge is -2.09. The third-order valence-electron chi connectivity index (χ3n) is 3.91. The second kappa shape index (κ2) is 7.54. The van der Waals surface area contributed by atoms with Gasteiger partial charge in [0.15, 0.2) is 11.5 Å². The van der Waals surface area contributed by atoms with Gasteiger partial charge in [-0.25, -0.2) is 17.8 Å². The largest absolute Gasteiger partial charge is 0.493 e. The van der Waals surface area contributed by atoms with Crippen LogP contribution in [-0.4, -0.2) is 39.0 Å². The fourth-order valence-corrected chi connectivity index (χ4v) is 2.95. The highest BCUT2D eigenvalue weighted by atomic mass is 32.2. The minimum atomic E-state index is -2.55. The van der Waals surface area contributed by atoms with E-state index in [1.807, 2.05) is 41.1 Å². The molecule has 1 heterocycles. The van der Waals surface area contributed by atoms with Gasteiger partial charge in [-0.3, -0.25) is 0 Å². The Bertz CT molecular complexity index is 940. The van der Waals surface area contributed by atoms with Gasteiger partial charge in [0, 0.05) is 18.0 Å². The summed E-state index contributed by atoms with van der Waals surface area (Å²) in [6.45, 7) is 0.389. The van der Waals surface area contributed by atoms with E-state index < -0.39 is 10.9 Å². The second-order valence-corrected chi connectivity index (χ2v) is 6.23. The molecular formula is C17H19N3O4S. The molecule has 0 aliphatic rings. The lowest BCUT2D eigenvalue weighted by atomic mass is 10.1. The quantitative estimate of drug-likeness (QED) is 0.626. The molecule has 0 spiro atoms. The van der Waals surface area contributed by atoms with Crippen molar-refractivity contribution in [1.82, 2.24) is 14.5 Å². The molecule has 0 aliphatic heterocycles. The average Bonchev–Trinajstić information content (AvgIpc) is 3.03. The summed E-state index contributed by atoms with van der Waals surface area (Å²) in [6, 6.07) is 11.6. The first-order chi connectivity index (χ1) is 12.1. The number of methoxy groups -OCH3 is 2. The van der Waals surface area contributed by atoms with Crippen molar-refractivity contribution >= 4 is 21.8 Å². The zero-order valence-corrected chi connectivity index (χ0v) is 14.8. The lowest BCUT2D eigenvalue weighted by Crippen LogP contribution is -2.14. The van der Waals surface area contributed by atoms with Gasteiger partial charge in [0.2, 0.25) is 10.9 Å². The molecule has 0 saturated carbocycles. The number of nitrogens with one attached hydrogen (secondary N) is 1. The van der Waals surface area contributed by atoms with E-state index in [-0.39, 0.29) is 0 Å². The highest BCUT2D eigenvalue weighted by Crippen LogP contribution is 2.32. The minimum absolute atomic E-state index is 0.389. The molecule has 2 aromatic carbocycles. The van der Waals surface area contributed by atoms with E-state index >= 15 is 0 Å². The van der Waals surface area contributed by atoms with Gasteiger partial charge < -0.3 is 9.47 Å². The van der Waals surface area contributed by atoms with Crippen LogP contribution in [0.5, 0.6) is 11.5 Å². The van der Waals surface area contributed by atoms with E-state index in [1.165, 1.54) is 0 Å². The maximum Gasteiger partial charge on any atom is 0.201 e. The zero-order chi connectivity index (χ0) is 17.8. The van der Waals surface area contributed by atoms with Crippen molar-refractivity contribution < 1.29 is 17.9 Å². The van der Waals surface area contributed by atoms with Crippen LogP contribution < -0.4 is 14.2 Å². The number of fused-ring (bicyclic) bond motifs is 1. The predicted molar refractivity (Wildman–Crippen MR) is 96.2 cm³/mol. The normalized spacial score (nSPS) is 11.2. The topological polar surface area (TPSA) is 82.5 Å². The third kappa shape index (κ3) is 3.75. The molecule has 0 saturated heterocycles. The van der Waals surface area contributed by atoms with Gasteiger partial charge in [-0.2, -0.15) is 5.10 Å². The molecule has 3 aromatic rings. The van der Waals surface area contributed by atoms with E-state index in [2.05, 4.69) is 9.82 Å². The Balaban J connectivity index is 1.88.